The molecule has 0 saturated carbocycles. The van der Waals surface area contributed by atoms with Gasteiger partial charge in [0.1, 0.15) is 11.6 Å². The van der Waals surface area contributed by atoms with E-state index in [0.717, 1.165) is 5.56 Å². The molecule has 5 nitrogen and oxygen atoms in total. The summed E-state index contributed by atoms with van der Waals surface area (Å²) in [7, 11) is 0. The maximum absolute atomic E-state index is 12.0. The van der Waals surface area contributed by atoms with E-state index in [1.165, 1.54) is 0 Å². The van der Waals surface area contributed by atoms with E-state index in [9.17, 15) is 4.79 Å². The molecule has 5 heteroatoms. The lowest BCUT2D eigenvalue weighted by atomic mass is 10.2. The third-order valence-corrected chi connectivity index (χ3v) is 2.83. The Hall–Kier alpha value is -2.87. The normalized spacial score (nSPS) is 11.3. The Morgan fingerprint density at radius 2 is 2.00 bits per heavy atom. The summed E-state index contributed by atoms with van der Waals surface area (Å²) in [5, 5.41) is 11.4. The molecule has 1 heterocycles. The number of nitriles is 1. The number of hydrogen-bond donors (Lipinski definition) is 1. The van der Waals surface area contributed by atoms with Crippen molar-refractivity contribution in [1.82, 2.24) is 4.98 Å². The van der Waals surface area contributed by atoms with Gasteiger partial charge in [0.15, 0.2) is 6.10 Å². The lowest BCUT2D eigenvalue weighted by molar-refractivity contribution is -0.122. The highest BCUT2D eigenvalue weighted by Gasteiger charge is 2.15. The van der Waals surface area contributed by atoms with Crippen molar-refractivity contribution in [2.24, 2.45) is 0 Å². The number of hydrogen-bond acceptors (Lipinski definition) is 4. The average Bonchev–Trinajstić information content (AvgIpc) is 2.50. The molecule has 1 amide bonds. The molecule has 0 bridgehead atoms. The van der Waals surface area contributed by atoms with Crippen molar-refractivity contribution < 1.29 is 9.53 Å². The van der Waals surface area contributed by atoms with Crippen molar-refractivity contribution in [3.8, 4) is 11.8 Å². The first kappa shape index (κ1) is 14.5. The van der Waals surface area contributed by atoms with Gasteiger partial charge in [-0.05, 0) is 49.7 Å². The van der Waals surface area contributed by atoms with Crippen molar-refractivity contribution >= 4 is 11.7 Å². The van der Waals surface area contributed by atoms with E-state index < -0.39 is 6.10 Å². The van der Waals surface area contributed by atoms with E-state index in [2.05, 4.69) is 10.3 Å². The Bertz CT molecular complexity index is 657. The fourth-order valence-corrected chi connectivity index (χ4v) is 1.64. The smallest absolute Gasteiger partial charge is 0.266 e. The number of amides is 1. The van der Waals surface area contributed by atoms with Crippen molar-refractivity contribution in [2.45, 2.75) is 20.0 Å². The minimum Gasteiger partial charge on any atom is -0.481 e. The molecular formula is C16H15N3O2. The van der Waals surface area contributed by atoms with E-state index in [-0.39, 0.29) is 5.91 Å². The molecule has 21 heavy (non-hydrogen) atoms. The van der Waals surface area contributed by atoms with Crippen molar-refractivity contribution in [1.29, 1.82) is 5.26 Å². The van der Waals surface area contributed by atoms with Gasteiger partial charge in [0, 0.05) is 6.20 Å². The van der Waals surface area contributed by atoms with Crippen LogP contribution in [0.15, 0.2) is 42.6 Å². The average molecular weight is 281 g/mol. The summed E-state index contributed by atoms with van der Waals surface area (Å²) in [5.41, 5.74) is 1.57. The molecule has 2 aromatic rings. The molecule has 1 aromatic carbocycles. The number of benzene rings is 1. The first-order valence-electron chi connectivity index (χ1n) is 6.49. The third-order valence-electron chi connectivity index (χ3n) is 2.83. The van der Waals surface area contributed by atoms with Gasteiger partial charge in [0.05, 0.1) is 11.6 Å². The summed E-state index contributed by atoms with van der Waals surface area (Å²) in [5.74, 6) is 0.741. The van der Waals surface area contributed by atoms with Gasteiger partial charge < -0.3 is 10.1 Å². The first-order valence-corrected chi connectivity index (χ1v) is 6.49. The van der Waals surface area contributed by atoms with Gasteiger partial charge in [-0.1, -0.05) is 6.07 Å². The van der Waals surface area contributed by atoms with Crippen LogP contribution in [0.4, 0.5) is 5.82 Å². The number of carbonyl (C=O) groups is 1. The highest BCUT2D eigenvalue weighted by atomic mass is 16.5. The van der Waals surface area contributed by atoms with Crippen LogP contribution in [0.25, 0.3) is 0 Å². The number of carbonyl (C=O) groups excluding carboxylic acids is 1. The molecule has 0 spiro atoms. The van der Waals surface area contributed by atoms with Crippen molar-refractivity contribution in [3.63, 3.8) is 0 Å². The summed E-state index contributed by atoms with van der Waals surface area (Å²) in [4.78, 5) is 16.1. The van der Waals surface area contributed by atoms with Crippen molar-refractivity contribution in [3.05, 3.63) is 53.7 Å². The van der Waals surface area contributed by atoms with E-state index >= 15 is 0 Å². The largest absolute Gasteiger partial charge is 0.481 e. The molecule has 2 rings (SSSR count). The monoisotopic (exact) mass is 281 g/mol. The molecule has 0 fully saturated rings. The lowest BCUT2D eigenvalue weighted by Crippen LogP contribution is -2.30. The summed E-state index contributed by atoms with van der Waals surface area (Å²) < 4.78 is 5.52. The first-order chi connectivity index (χ1) is 10.1. The molecule has 0 unspecified atom stereocenters. The fraction of sp³-hybridized carbons (Fsp3) is 0.188. The molecule has 1 N–H and O–H groups in total. The van der Waals surface area contributed by atoms with Gasteiger partial charge >= 0.3 is 0 Å². The second-order valence-electron chi connectivity index (χ2n) is 4.61. The number of rotatable bonds is 4. The highest BCUT2D eigenvalue weighted by Crippen LogP contribution is 2.14. The summed E-state index contributed by atoms with van der Waals surface area (Å²) in [6.07, 6.45) is 1.02. The fourth-order valence-electron chi connectivity index (χ4n) is 1.64. The number of aryl methyl sites for hydroxylation is 1. The quantitative estimate of drug-likeness (QED) is 0.934. The summed E-state index contributed by atoms with van der Waals surface area (Å²) in [6.45, 7) is 3.58. The van der Waals surface area contributed by atoms with Crippen LogP contribution in [0.5, 0.6) is 5.75 Å². The van der Waals surface area contributed by atoms with Crippen LogP contribution in [0.1, 0.15) is 18.1 Å². The molecular weight excluding hydrogens is 266 g/mol. The predicted octanol–water partition coefficient (Wildman–Crippen LogP) is 2.67. The number of ether oxygens (including phenoxy) is 1. The molecule has 0 aliphatic heterocycles. The number of nitrogens with zero attached hydrogens (tertiary/aromatic N) is 2. The Labute approximate surface area is 123 Å². The van der Waals surface area contributed by atoms with Crippen LogP contribution >= 0.6 is 0 Å². The van der Waals surface area contributed by atoms with E-state index in [4.69, 9.17) is 10.00 Å². The Morgan fingerprint density at radius 3 is 2.57 bits per heavy atom. The van der Waals surface area contributed by atoms with Crippen LogP contribution in [0.3, 0.4) is 0 Å². The molecule has 0 aliphatic carbocycles. The van der Waals surface area contributed by atoms with Gasteiger partial charge in [0.2, 0.25) is 0 Å². The Morgan fingerprint density at radius 1 is 1.29 bits per heavy atom. The lowest BCUT2D eigenvalue weighted by Gasteiger charge is -2.14. The summed E-state index contributed by atoms with van der Waals surface area (Å²) in [6, 6.07) is 12.2. The number of pyridine rings is 1. The van der Waals surface area contributed by atoms with Gasteiger partial charge in [-0.25, -0.2) is 4.98 Å². The summed E-state index contributed by atoms with van der Waals surface area (Å²) >= 11 is 0. The highest BCUT2D eigenvalue weighted by molar-refractivity contribution is 5.93. The minimum absolute atomic E-state index is 0.282. The predicted molar refractivity (Wildman–Crippen MR) is 78.9 cm³/mol. The van der Waals surface area contributed by atoms with E-state index in [0.29, 0.717) is 17.1 Å². The maximum Gasteiger partial charge on any atom is 0.266 e. The molecule has 1 atom stereocenters. The van der Waals surface area contributed by atoms with Crippen LogP contribution in [-0.4, -0.2) is 17.0 Å². The molecule has 0 saturated heterocycles. The zero-order valence-corrected chi connectivity index (χ0v) is 11.8. The molecule has 1 aromatic heterocycles. The van der Waals surface area contributed by atoms with Gasteiger partial charge in [-0.3, -0.25) is 4.79 Å². The van der Waals surface area contributed by atoms with E-state index in [1.54, 1.807) is 43.5 Å². The molecule has 0 radical (unpaired) electrons. The van der Waals surface area contributed by atoms with Crippen LogP contribution in [0, 0.1) is 18.3 Å². The minimum atomic E-state index is -0.666. The van der Waals surface area contributed by atoms with Gasteiger partial charge in [0.25, 0.3) is 5.91 Å². The molecule has 0 aliphatic rings. The number of anilines is 1. The Kier molecular flexibility index (Phi) is 4.52. The number of nitrogens with one attached hydrogen (secondary N) is 1. The van der Waals surface area contributed by atoms with Gasteiger partial charge in [-0.2, -0.15) is 5.26 Å². The SMILES string of the molecule is Cc1ccc(NC(=O)[C@@H](C)Oc2ccc(C#N)cc2)nc1. The van der Waals surface area contributed by atoms with E-state index in [1.807, 2.05) is 19.1 Å². The van der Waals surface area contributed by atoms with Crippen LogP contribution < -0.4 is 10.1 Å². The topological polar surface area (TPSA) is 75.0 Å². The number of aromatic nitrogens is 1. The maximum atomic E-state index is 12.0. The third kappa shape index (κ3) is 4.05. The molecule has 106 valence electrons. The van der Waals surface area contributed by atoms with Crippen molar-refractivity contribution in [2.75, 3.05) is 5.32 Å². The van der Waals surface area contributed by atoms with Gasteiger partial charge in [-0.15, -0.1) is 0 Å². The van der Waals surface area contributed by atoms with Crippen LogP contribution in [0.2, 0.25) is 0 Å². The zero-order chi connectivity index (χ0) is 15.2. The standard InChI is InChI=1S/C16H15N3O2/c1-11-3-8-15(18-10-11)19-16(20)12(2)21-14-6-4-13(9-17)5-7-14/h3-8,10,12H,1-2H3,(H,18,19,20)/t12-/m1/s1. The zero-order valence-electron chi connectivity index (χ0n) is 11.8. The van der Waals surface area contributed by atoms with Crippen LogP contribution in [-0.2, 0) is 4.79 Å². The second-order valence-corrected chi connectivity index (χ2v) is 4.61. The second kappa shape index (κ2) is 6.53. The Balaban J connectivity index is 1.95.